The fourth-order valence-corrected chi connectivity index (χ4v) is 5.89. The first kappa shape index (κ1) is 27.3. The van der Waals surface area contributed by atoms with Crippen LogP contribution in [0.25, 0.3) is 0 Å². The minimum absolute atomic E-state index is 0.00895. The highest BCUT2D eigenvalue weighted by Gasteiger charge is 2.34. The standard InChI is InChI=1S/C31H54O/c1-10-28-25(6)26(7)30-29(27(28)8)19-21-31(9,32-30)20-13-18-24(5)17-12-16-23(4)15-11-14-22(2)3/h22-24H,10-21H2,1-9H3/t23-,24-,31-/m1/s1. The van der Waals surface area contributed by atoms with Crippen LogP contribution in [0.15, 0.2) is 0 Å². The van der Waals surface area contributed by atoms with Crippen molar-refractivity contribution in [1.29, 1.82) is 0 Å². The molecule has 0 fully saturated rings. The normalized spacial score (nSPS) is 20.2. The maximum Gasteiger partial charge on any atom is 0.126 e. The van der Waals surface area contributed by atoms with Crippen molar-refractivity contribution in [3.05, 3.63) is 27.8 Å². The molecular weight excluding hydrogens is 388 g/mol. The monoisotopic (exact) mass is 442 g/mol. The zero-order valence-electron chi connectivity index (χ0n) is 23.1. The summed E-state index contributed by atoms with van der Waals surface area (Å²) in [5.74, 6) is 3.82. The maximum atomic E-state index is 6.76. The molecule has 1 aromatic rings. The van der Waals surface area contributed by atoms with E-state index in [1.165, 1.54) is 97.8 Å². The maximum absolute atomic E-state index is 6.76. The third kappa shape index (κ3) is 7.53. The molecule has 2 rings (SSSR count). The van der Waals surface area contributed by atoms with Crippen molar-refractivity contribution in [1.82, 2.24) is 0 Å². The van der Waals surface area contributed by atoms with Crippen LogP contribution in [0.4, 0.5) is 0 Å². The molecule has 0 saturated heterocycles. The van der Waals surface area contributed by atoms with E-state index in [1.54, 1.807) is 0 Å². The van der Waals surface area contributed by atoms with Gasteiger partial charge in [-0.3, -0.25) is 0 Å². The molecule has 0 radical (unpaired) electrons. The molecule has 0 aromatic heterocycles. The van der Waals surface area contributed by atoms with Gasteiger partial charge < -0.3 is 4.74 Å². The number of fused-ring (bicyclic) bond motifs is 1. The Labute approximate surface area is 201 Å². The lowest BCUT2D eigenvalue weighted by molar-refractivity contribution is 0.0513. The Hall–Kier alpha value is -0.980. The molecule has 0 unspecified atom stereocenters. The molecule has 1 heterocycles. The van der Waals surface area contributed by atoms with E-state index in [-0.39, 0.29) is 5.60 Å². The number of ether oxygens (including phenoxy) is 1. The minimum Gasteiger partial charge on any atom is -0.487 e. The van der Waals surface area contributed by atoms with Crippen molar-refractivity contribution < 1.29 is 4.74 Å². The first-order chi connectivity index (χ1) is 15.1. The van der Waals surface area contributed by atoms with Crippen LogP contribution < -0.4 is 4.74 Å². The van der Waals surface area contributed by atoms with Crippen molar-refractivity contribution in [3.8, 4) is 5.75 Å². The summed E-state index contributed by atoms with van der Waals surface area (Å²) >= 11 is 0. The SMILES string of the molecule is CCc1c(C)c(C)c2c(c1C)CC[C@@](C)(CCC[C@H](C)CCC[C@H](C)CCCC(C)C)O2. The number of hydrogen-bond acceptors (Lipinski definition) is 1. The molecule has 0 aliphatic carbocycles. The topological polar surface area (TPSA) is 9.23 Å². The molecular formula is C31H54O. The molecule has 0 spiro atoms. The Morgan fingerprint density at radius 2 is 1.34 bits per heavy atom. The van der Waals surface area contributed by atoms with Crippen molar-refractivity contribution >= 4 is 0 Å². The second-order valence-electron chi connectivity index (χ2n) is 11.9. The summed E-state index contributed by atoms with van der Waals surface area (Å²) in [6.07, 6.45) is 15.7. The molecule has 0 N–H and O–H groups in total. The number of benzene rings is 1. The van der Waals surface area contributed by atoms with Crippen LogP contribution in [0.5, 0.6) is 5.75 Å². The lowest BCUT2D eigenvalue weighted by atomic mass is 9.82. The van der Waals surface area contributed by atoms with Crippen molar-refractivity contribution in [3.63, 3.8) is 0 Å². The molecule has 1 heteroatoms. The van der Waals surface area contributed by atoms with Crippen molar-refractivity contribution in [2.45, 2.75) is 145 Å². The second kappa shape index (κ2) is 12.5. The van der Waals surface area contributed by atoms with Gasteiger partial charge in [-0.1, -0.05) is 79.6 Å². The van der Waals surface area contributed by atoms with Gasteiger partial charge in [-0.2, -0.15) is 0 Å². The molecule has 0 bridgehead atoms. The fourth-order valence-electron chi connectivity index (χ4n) is 5.89. The Balaban J connectivity index is 1.77. The van der Waals surface area contributed by atoms with Gasteiger partial charge in [-0.25, -0.2) is 0 Å². The van der Waals surface area contributed by atoms with E-state index >= 15 is 0 Å². The van der Waals surface area contributed by atoms with Crippen molar-refractivity contribution in [2.75, 3.05) is 0 Å². The van der Waals surface area contributed by atoms with Gasteiger partial charge in [0.2, 0.25) is 0 Å². The molecule has 1 aromatic carbocycles. The highest BCUT2D eigenvalue weighted by molar-refractivity contribution is 5.55. The predicted octanol–water partition coefficient (Wildman–Crippen LogP) is 9.70. The van der Waals surface area contributed by atoms with Crippen LogP contribution in [-0.4, -0.2) is 5.60 Å². The van der Waals surface area contributed by atoms with E-state index in [2.05, 4.69) is 62.3 Å². The Kier molecular flexibility index (Phi) is 10.6. The van der Waals surface area contributed by atoms with Gasteiger partial charge in [0.05, 0.1) is 0 Å². The van der Waals surface area contributed by atoms with Crippen LogP contribution in [0.3, 0.4) is 0 Å². The molecule has 1 aliphatic rings. The van der Waals surface area contributed by atoms with E-state index in [9.17, 15) is 0 Å². The largest absolute Gasteiger partial charge is 0.487 e. The summed E-state index contributed by atoms with van der Waals surface area (Å²) in [4.78, 5) is 0. The summed E-state index contributed by atoms with van der Waals surface area (Å²) in [5, 5.41) is 0. The fraction of sp³-hybridized carbons (Fsp3) is 0.806. The first-order valence-corrected chi connectivity index (χ1v) is 13.9. The van der Waals surface area contributed by atoms with Crippen LogP contribution in [0.1, 0.15) is 134 Å². The van der Waals surface area contributed by atoms with Gasteiger partial charge in [0.1, 0.15) is 11.4 Å². The molecule has 1 aliphatic heterocycles. The molecule has 32 heavy (non-hydrogen) atoms. The second-order valence-corrected chi connectivity index (χ2v) is 11.9. The predicted molar refractivity (Wildman–Crippen MR) is 142 cm³/mol. The van der Waals surface area contributed by atoms with Crippen LogP contribution in [0, 0.1) is 38.5 Å². The van der Waals surface area contributed by atoms with Gasteiger partial charge in [0, 0.05) is 0 Å². The van der Waals surface area contributed by atoms with Crippen LogP contribution in [0.2, 0.25) is 0 Å². The van der Waals surface area contributed by atoms with E-state index in [0.717, 1.165) is 30.6 Å². The summed E-state index contributed by atoms with van der Waals surface area (Å²) in [7, 11) is 0. The zero-order valence-corrected chi connectivity index (χ0v) is 23.1. The average molecular weight is 443 g/mol. The zero-order chi connectivity index (χ0) is 23.9. The van der Waals surface area contributed by atoms with Gasteiger partial charge in [-0.15, -0.1) is 0 Å². The summed E-state index contributed by atoms with van der Waals surface area (Å²) in [6, 6.07) is 0. The van der Waals surface area contributed by atoms with Gasteiger partial charge in [-0.05, 0) is 105 Å². The Bertz CT molecular complexity index is 716. The summed E-state index contributed by atoms with van der Waals surface area (Å²) in [6.45, 7) is 21.1. The van der Waals surface area contributed by atoms with E-state index < -0.39 is 0 Å². The molecule has 184 valence electrons. The summed E-state index contributed by atoms with van der Waals surface area (Å²) < 4.78 is 6.76. The quantitative estimate of drug-likeness (QED) is 0.295. The first-order valence-electron chi connectivity index (χ1n) is 13.9. The summed E-state index contributed by atoms with van der Waals surface area (Å²) in [5.41, 5.74) is 7.34. The van der Waals surface area contributed by atoms with Gasteiger partial charge in [0.25, 0.3) is 0 Å². The Morgan fingerprint density at radius 3 is 1.91 bits per heavy atom. The van der Waals surface area contributed by atoms with Gasteiger partial charge in [0.15, 0.2) is 0 Å². The minimum atomic E-state index is 0.00895. The smallest absolute Gasteiger partial charge is 0.126 e. The third-order valence-corrected chi connectivity index (χ3v) is 8.42. The van der Waals surface area contributed by atoms with E-state index in [4.69, 9.17) is 4.74 Å². The van der Waals surface area contributed by atoms with Gasteiger partial charge >= 0.3 is 0 Å². The number of rotatable bonds is 13. The molecule has 3 atom stereocenters. The highest BCUT2D eigenvalue weighted by atomic mass is 16.5. The molecule has 0 saturated carbocycles. The molecule has 0 amide bonds. The highest BCUT2D eigenvalue weighted by Crippen LogP contribution is 2.42. The van der Waals surface area contributed by atoms with Crippen LogP contribution in [-0.2, 0) is 12.8 Å². The average Bonchev–Trinajstić information content (AvgIpc) is 2.72. The molecule has 1 nitrogen and oxygen atoms in total. The number of hydrogen-bond donors (Lipinski definition) is 0. The Morgan fingerprint density at radius 1 is 0.781 bits per heavy atom. The third-order valence-electron chi connectivity index (χ3n) is 8.42. The van der Waals surface area contributed by atoms with Crippen LogP contribution >= 0.6 is 0 Å². The lowest BCUT2D eigenvalue weighted by Gasteiger charge is -2.38. The van der Waals surface area contributed by atoms with Crippen molar-refractivity contribution in [2.24, 2.45) is 17.8 Å². The van der Waals surface area contributed by atoms with E-state index in [0.29, 0.717) is 0 Å². The van der Waals surface area contributed by atoms with E-state index in [1.807, 2.05) is 0 Å². The lowest BCUT2D eigenvalue weighted by Crippen LogP contribution is -2.37.